The normalized spacial score (nSPS) is 11.6. The zero-order chi connectivity index (χ0) is 15.6. The number of rotatable bonds is 4. The van der Waals surface area contributed by atoms with Crippen molar-refractivity contribution >= 4 is 32.6 Å². The fourth-order valence-corrected chi connectivity index (χ4v) is 2.96. The number of halogens is 4. The maximum absolute atomic E-state index is 13.0. The molecule has 0 saturated heterocycles. The van der Waals surface area contributed by atoms with E-state index in [1.54, 1.807) is 12.1 Å². The molecule has 8 heteroatoms. The van der Waals surface area contributed by atoms with Crippen LogP contribution in [0.25, 0.3) is 0 Å². The molecule has 0 saturated carbocycles. The molecule has 1 N–H and O–H groups in total. The lowest BCUT2D eigenvalue weighted by Gasteiger charge is -2.08. The molecule has 0 bridgehead atoms. The average molecular weight is 427 g/mol. The van der Waals surface area contributed by atoms with Crippen LogP contribution in [0.5, 0.6) is 0 Å². The Bertz CT molecular complexity index is 740. The molecule has 0 aliphatic heterocycles. The van der Waals surface area contributed by atoms with Crippen molar-refractivity contribution in [3.63, 3.8) is 0 Å². The molecule has 0 aliphatic carbocycles. The van der Waals surface area contributed by atoms with Crippen LogP contribution in [0.3, 0.4) is 0 Å². The third-order valence-electron chi connectivity index (χ3n) is 2.63. The molecule has 2 aromatic rings. The Labute approximate surface area is 133 Å². The van der Waals surface area contributed by atoms with Crippen molar-refractivity contribution in [2.45, 2.75) is 11.4 Å². The second kappa shape index (κ2) is 6.32. The predicted molar refractivity (Wildman–Crippen MR) is 79.5 cm³/mol. The largest absolute Gasteiger partial charge is 0.240 e. The van der Waals surface area contributed by atoms with Gasteiger partial charge in [0.2, 0.25) is 10.0 Å². The van der Waals surface area contributed by atoms with Crippen LogP contribution >= 0.6 is 22.6 Å². The third kappa shape index (κ3) is 3.95. The van der Waals surface area contributed by atoms with E-state index < -0.39 is 27.5 Å². The van der Waals surface area contributed by atoms with Crippen molar-refractivity contribution in [1.82, 2.24) is 4.72 Å². The number of hydrogen-bond donors (Lipinski definition) is 1. The summed E-state index contributed by atoms with van der Waals surface area (Å²) < 4.78 is 65.9. The molecule has 0 amide bonds. The molecule has 0 aliphatic rings. The van der Waals surface area contributed by atoms with Gasteiger partial charge in [0.05, 0.1) is 4.90 Å². The van der Waals surface area contributed by atoms with E-state index >= 15 is 0 Å². The van der Waals surface area contributed by atoms with E-state index in [9.17, 15) is 21.6 Å². The molecular weight excluding hydrogens is 418 g/mol. The summed E-state index contributed by atoms with van der Waals surface area (Å²) >= 11 is 2.03. The fraction of sp³-hybridized carbons (Fsp3) is 0.0769. The molecule has 0 spiro atoms. The minimum absolute atomic E-state index is 0.0134. The van der Waals surface area contributed by atoms with E-state index in [-0.39, 0.29) is 17.0 Å². The van der Waals surface area contributed by atoms with Crippen LogP contribution in [-0.4, -0.2) is 8.42 Å². The molecular formula is C13H9F3INO2S. The monoisotopic (exact) mass is 427 g/mol. The minimum Gasteiger partial charge on any atom is -0.207 e. The van der Waals surface area contributed by atoms with Crippen molar-refractivity contribution in [2.75, 3.05) is 0 Å². The highest BCUT2D eigenvalue weighted by molar-refractivity contribution is 14.1. The van der Waals surface area contributed by atoms with Gasteiger partial charge in [0.15, 0.2) is 17.5 Å². The highest BCUT2D eigenvalue weighted by Gasteiger charge is 2.15. The van der Waals surface area contributed by atoms with Gasteiger partial charge < -0.3 is 0 Å². The van der Waals surface area contributed by atoms with E-state index in [1.165, 1.54) is 12.1 Å². The maximum Gasteiger partial charge on any atom is 0.240 e. The van der Waals surface area contributed by atoms with Crippen LogP contribution in [0.1, 0.15) is 5.56 Å². The molecule has 0 aromatic heterocycles. The van der Waals surface area contributed by atoms with E-state index in [4.69, 9.17) is 0 Å². The van der Waals surface area contributed by atoms with Gasteiger partial charge in [-0.3, -0.25) is 0 Å². The van der Waals surface area contributed by atoms with Crippen LogP contribution in [0, 0.1) is 21.0 Å². The highest BCUT2D eigenvalue weighted by Crippen LogP contribution is 2.15. The second-order valence-electron chi connectivity index (χ2n) is 4.15. The maximum atomic E-state index is 13.0. The zero-order valence-electron chi connectivity index (χ0n) is 10.4. The zero-order valence-corrected chi connectivity index (χ0v) is 13.4. The first-order valence-corrected chi connectivity index (χ1v) is 8.24. The standard InChI is InChI=1S/C13H9F3INO2S/c14-11-5-8(6-12(15)13(11)16)7-18-21(19,20)10-3-1-9(17)2-4-10/h1-6,18H,7H2. The summed E-state index contributed by atoms with van der Waals surface area (Å²) in [5, 5.41) is 0. The first-order chi connectivity index (χ1) is 9.79. The lowest BCUT2D eigenvalue weighted by molar-refractivity contribution is 0.445. The van der Waals surface area contributed by atoms with Gasteiger partial charge in [-0.25, -0.2) is 26.3 Å². The quantitative estimate of drug-likeness (QED) is 0.602. The lowest BCUT2D eigenvalue weighted by Crippen LogP contribution is -2.23. The van der Waals surface area contributed by atoms with Crippen molar-refractivity contribution in [3.05, 3.63) is 63.0 Å². The Morgan fingerprint density at radius 2 is 1.52 bits per heavy atom. The van der Waals surface area contributed by atoms with E-state index in [0.29, 0.717) is 0 Å². The smallest absolute Gasteiger partial charge is 0.207 e. The Morgan fingerprint density at radius 3 is 2.05 bits per heavy atom. The van der Waals surface area contributed by atoms with E-state index in [2.05, 4.69) is 4.72 Å². The van der Waals surface area contributed by atoms with Crippen molar-refractivity contribution < 1.29 is 21.6 Å². The predicted octanol–water partition coefficient (Wildman–Crippen LogP) is 3.19. The van der Waals surface area contributed by atoms with Gasteiger partial charge in [-0.05, 0) is 64.6 Å². The summed E-state index contributed by atoms with van der Waals surface area (Å²) in [6.45, 7) is -0.345. The summed E-state index contributed by atoms with van der Waals surface area (Å²) in [4.78, 5) is 0.0333. The fourth-order valence-electron chi connectivity index (χ4n) is 1.59. The second-order valence-corrected chi connectivity index (χ2v) is 7.16. The molecule has 3 nitrogen and oxygen atoms in total. The molecule has 0 atom stereocenters. The number of nitrogens with one attached hydrogen (secondary N) is 1. The first kappa shape index (κ1) is 16.2. The average Bonchev–Trinajstić information content (AvgIpc) is 2.43. The Morgan fingerprint density at radius 1 is 1.00 bits per heavy atom. The molecule has 0 radical (unpaired) electrons. The lowest BCUT2D eigenvalue weighted by atomic mass is 10.2. The number of hydrogen-bond acceptors (Lipinski definition) is 2. The van der Waals surface area contributed by atoms with Gasteiger partial charge in [-0.15, -0.1) is 0 Å². The number of sulfonamides is 1. The third-order valence-corrected chi connectivity index (χ3v) is 4.77. The van der Waals surface area contributed by atoms with Crippen LogP contribution in [0.15, 0.2) is 41.3 Å². The topological polar surface area (TPSA) is 46.2 Å². The first-order valence-electron chi connectivity index (χ1n) is 5.68. The van der Waals surface area contributed by atoms with Gasteiger partial charge in [0.1, 0.15) is 0 Å². The Kier molecular flexibility index (Phi) is 4.89. The number of benzene rings is 2. The van der Waals surface area contributed by atoms with Crippen molar-refractivity contribution in [1.29, 1.82) is 0 Å². The van der Waals surface area contributed by atoms with Crippen molar-refractivity contribution in [2.24, 2.45) is 0 Å². The summed E-state index contributed by atoms with van der Waals surface area (Å²) in [6, 6.07) is 7.55. The molecule has 0 fully saturated rings. The van der Waals surface area contributed by atoms with Gasteiger partial charge in [0.25, 0.3) is 0 Å². The molecule has 0 unspecified atom stereocenters. The summed E-state index contributed by atoms with van der Waals surface area (Å²) in [5.41, 5.74) is -0.0134. The van der Waals surface area contributed by atoms with E-state index in [0.717, 1.165) is 15.7 Å². The molecule has 112 valence electrons. The van der Waals surface area contributed by atoms with Gasteiger partial charge in [-0.1, -0.05) is 0 Å². The summed E-state index contributed by atoms with van der Waals surface area (Å²) in [5.74, 6) is -4.31. The van der Waals surface area contributed by atoms with Gasteiger partial charge in [0, 0.05) is 10.1 Å². The summed E-state index contributed by atoms with van der Waals surface area (Å²) in [6.07, 6.45) is 0. The highest BCUT2D eigenvalue weighted by atomic mass is 127. The van der Waals surface area contributed by atoms with Crippen LogP contribution in [-0.2, 0) is 16.6 Å². The van der Waals surface area contributed by atoms with E-state index in [1.807, 2.05) is 22.6 Å². The van der Waals surface area contributed by atoms with Gasteiger partial charge >= 0.3 is 0 Å². The van der Waals surface area contributed by atoms with Crippen LogP contribution < -0.4 is 4.72 Å². The minimum atomic E-state index is -3.80. The van der Waals surface area contributed by atoms with Crippen molar-refractivity contribution in [3.8, 4) is 0 Å². The summed E-state index contributed by atoms with van der Waals surface area (Å²) in [7, 11) is -3.80. The molecule has 2 rings (SSSR count). The van der Waals surface area contributed by atoms with Crippen LogP contribution in [0.2, 0.25) is 0 Å². The molecule has 0 heterocycles. The van der Waals surface area contributed by atoms with Crippen LogP contribution in [0.4, 0.5) is 13.2 Å². The molecule has 2 aromatic carbocycles. The Hall–Kier alpha value is -1.13. The SMILES string of the molecule is O=S(=O)(NCc1cc(F)c(F)c(F)c1)c1ccc(I)cc1. The van der Waals surface area contributed by atoms with Gasteiger partial charge in [-0.2, -0.15) is 0 Å². The molecule has 21 heavy (non-hydrogen) atoms. The Balaban J connectivity index is 2.17.